The van der Waals surface area contributed by atoms with E-state index in [1.54, 1.807) is 4.90 Å². The standard InChI is InChI=1S/C15H16BrN3O3/c1-22-14(21)19-8-6-15(7-9-19)13(20)17-12(18-15)10-2-4-11(16)5-3-10/h2-5H,6-9H2,1H3,(H,17,18,20). The quantitative estimate of drug-likeness (QED) is 0.826. The molecular formula is C15H16BrN3O3. The van der Waals surface area contributed by atoms with Crippen molar-refractivity contribution in [2.24, 2.45) is 4.99 Å². The molecule has 1 spiro atoms. The molecule has 2 aliphatic heterocycles. The Kier molecular flexibility index (Phi) is 3.90. The van der Waals surface area contributed by atoms with Crippen LogP contribution in [0.3, 0.4) is 0 Å². The molecule has 2 aliphatic rings. The lowest BCUT2D eigenvalue weighted by atomic mass is 9.88. The van der Waals surface area contributed by atoms with Crippen LogP contribution in [0.1, 0.15) is 18.4 Å². The lowest BCUT2D eigenvalue weighted by Gasteiger charge is -2.34. The molecule has 2 amide bonds. The zero-order valence-corrected chi connectivity index (χ0v) is 13.7. The molecule has 116 valence electrons. The minimum absolute atomic E-state index is 0.0880. The van der Waals surface area contributed by atoms with Gasteiger partial charge in [-0.3, -0.25) is 9.79 Å². The summed E-state index contributed by atoms with van der Waals surface area (Å²) >= 11 is 3.39. The molecule has 0 radical (unpaired) electrons. The number of amides is 2. The Morgan fingerprint density at radius 3 is 2.55 bits per heavy atom. The lowest BCUT2D eigenvalue weighted by molar-refractivity contribution is -0.125. The maximum Gasteiger partial charge on any atom is 0.409 e. The first kappa shape index (κ1) is 15.0. The summed E-state index contributed by atoms with van der Waals surface area (Å²) in [5, 5.41) is 2.87. The van der Waals surface area contributed by atoms with Crippen LogP contribution in [0, 0.1) is 0 Å². The van der Waals surface area contributed by atoms with E-state index < -0.39 is 5.54 Å². The molecule has 0 unspecified atom stereocenters. The van der Waals surface area contributed by atoms with E-state index in [-0.39, 0.29) is 12.0 Å². The van der Waals surface area contributed by atoms with Crippen LogP contribution < -0.4 is 5.32 Å². The number of aliphatic imine (C=N–C) groups is 1. The number of methoxy groups -OCH3 is 1. The monoisotopic (exact) mass is 365 g/mol. The molecule has 6 nitrogen and oxygen atoms in total. The van der Waals surface area contributed by atoms with Crippen molar-refractivity contribution in [3.8, 4) is 0 Å². The van der Waals surface area contributed by atoms with Crippen molar-refractivity contribution in [2.75, 3.05) is 20.2 Å². The van der Waals surface area contributed by atoms with Crippen LogP contribution in [-0.4, -0.2) is 48.5 Å². The molecule has 3 rings (SSSR count). The predicted octanol–water partition coefficient (Wildman–Crippen LogP) is 1.93. The van der Waals surface area contributed by atoms with Crippen molar-refractivity contribution in [3.05, 3.63) is 34.3 Å². The molecule has 1 aromatic rings. The summed E-state index contributed by atoms with van der Waals surface area (Å²) in [6.45, 7) is 0.939. The van der Waals surface area contributed by atoms with Gasteiger partial charge in [-0.15, -0.1) is 0 Å². The van der Waals surface area contributed by atoms with E-state index in [0.717, 1.165) is 10.0 Å². The summed E-state index contributed by atoms with van der Waals surface area (Å²) in [5.74, 6) is 0.513. The van der Waals surface area contributed by atoms with Crippen molar-refractivity contribution in [1.82, 2.24) is 10.2 Å². The highest BCUT2D eigenvalue weighted by atomic mass is 79.9. The van der Waals surface area contributed by atoms with E-state index in [1.807, 2.05) is 24.3 Å². The summed E-state index contributed by atoms with van der Waals surface area (Å²) in [4.78, 5) is 30.2. The molecule has 22 heavy (non-hydrogen) atoms. The van der Waals surface area contributed by atoms with Gasteiger partial charge in [0.15, 0.2) is 0 Å². The highest BCUT2D eigenvalue weighted by molar-refractivity contribution is 9.10. The molecule has 0 bridgehead atoms. The molecule has 1 aromatic carbocycles. The number of hydrogen-bond donors (Lipinski definition) is 1. The van der Waals surface area contributed by atoms with Gasteiger partial charge in [0.2, 0.25) is 0 Å². The highest BCUT2D eigenvalue weighted by Crippen LogP contribution is 2.31. The van der Waals surface area contributed by atoms with Gasteiger partial charge in [-0.1, -0.05) is 28.1 Å². The van der Waals surface area contributed by atoms with E-state index in [4.69, 9.17) is 4.74 Å². The number of halogens is 1. The Balaban J connectivity index is 1.79. The first-order valence-corrected chi connectivity index (χ1v) is 7.83. The Morgan fingerprint density at radius 1 is 1.32 bits per heavy atom. The van der Waals surface area contributed by atoms with Gasteiger partial charge in [0.25, 0.3) is 5.91 Å². The van der Waals surface area contributed by atoms with Crippen molar-refractivity contribution in [2.45, 2.75) is 18.4 Å². The number of ether oxygens (including phenoxy) is 1. The van der Waals surface area contributed by atoms with Gasteiger partial charge in [0.1, 0.15) is 11.4 Å². The summed E-state index contributed by atoms with van der Waals surface area (Å²) < 4.78 is 5.69. The van der Waals surface area contributed by atoms with Crippen molar-refractivity contribution < 1.29 is 14.3 Å². The molecule has 1 N–H and O–H groups in total. The third-order valence-corrected chi connectivity index (χ3v) is 4.65. The predicted molar refractivity (Wildman–Crippen MR) is 84.8 cm³/mol. The average molecular weight is 366 g/mol. The number of piperidine rings is 1. The van der Waals surface area contributed by atoms with E-state index in [0.29, 0.717) is 31.8 Å². The van der Waals surface area contributed by atoms with Crippen molar-refractivity contribution in [3.63, 3.8) is 0 Å². The number of nitrogens with zero attached hydrogens (tertiary/aromatic N) is 2. The number of benzene rings is 1. The first-order chi connectivity index (χ1) is 10.5. The molecule has 0 aromatic heterocycles. The van der Waals surface area contributed by atoms with E-state index in [9.17, 15) is 9.59 Å². The summed E-state index contributed by atoms with van der Waals surface area (Å²) in [7, 11) is 1.36. The van der Waals surface area contributed by atoms with Gasteiger partial charge in [-0.2, -0.15) is 0 Å². The van der Waals surface area contributed by atoms with Crippen LogP contribution in [0.4, 0.5) is 4.79 Å². The molecule has 2 heterocycles. The molecule has 0 saturated carbocycles. The van der Waals surface area contributed by atoms with Crippen LogP contribution >= 0.6 is 15.9 Å². The maximum atomic E-state index is 12.4. The third-order valence-electron chi connectivity index (χ3n) is 4.12. The summed E-state index contributed by atoms with van der Waals surface area (Å²) in [6, 6.07) is 7.64. The number of rotatable bonds is 1. The zero-order chi connectivity index (χ0) is 15.7. The van der Waals surface area contributed by atoms with Crippen LogP contribution in [0.2, 0.25) is 0 Å². The van der Waals surface area contributed by atoms with Gasteiger partial charge >= 0.3 is 6.09 Å². The second-order valence-corrected chi connectivity index (χ2v) is 6.33. The van der Waals surface area contributed by atoms with E-state index >= 15 is 0 Å². The average Bonchev–Trinajstić information content (AvgIpc) is 2.85. The smallest absolute Gasteiger partial charge is 0.409 e. The van der Waals surface area contributed by atoms with E-state index in [2.05, 4.69) is 26.2 Å². The van der Waals surface area contributed by atoms with Crippen molar-refractivity contribution in [1.29, 1.82) is 0 Å². The Bertz CT molecular complexity index is 634. The fourth-order valence-corrected chi connectivity index (χ4v) is 3.05. The number of amidine groups is 1. The Morgan fingerprint density at radius 2 is 1.95 bits per heavy atom. The summed E-state index contributed by atoms with van der Waals surface area (Å²) in [5.41, 5.74) is 0.122. The fourth-order valence-electron chi connectivity index (χ4n) is 2.79. The van der Waals surface area contributed by atoms with Crippen LogP contribution in [0.25, 0.3) is 0 Å². The highest BCUT2D eigenvalue weighted by Gasteiger charge is 2.46. The Hall–Kier alpha value is -1.89. The molecule has 1 saturated heterocycles. The second-order valence-electron chi connectivity index (χ2n) is 5.41. The Labute approximate surface area is 136 Å². The number of carbonyl (C=O) groups is 2. The third kappa shape index (κ3) is 2.61. The lowest BCUT2D eigenvalue weighted by Crippen LogP contribution is -2.50. The van der Waals surface area contributed by atoms with Gasteiger partial charge < -0.3 is 15.0 Å². The largest absolute Gasteiger partial charge is 0.453 e. The van der Waals surface area contributed by atoms with Gasteiger partial charge in [-0.05, 0) is 25.0 Å². The van der Waals surface area contributed by atoms with Gasteiger partial charge in [-0.25, -0.2) is 4.79 Å². The number of likely N-dealkylation sites (tertiary alicyclic amines) is 1. The maximum absolute atomic E-state index is 12.4. The number of nitrogens with one attached hydrogen (secondary N) is 1. The SMILES string of the molecule is COC(=O)N1CCC2(CC1)N=C(c1ccc(Br)cc1)NC2=O. The first-order valence-electron chi connectivity index (χ1n) is 7.04. The minimum atomic E-state index is -0.757. The fraction of sp³-hybridized carbons (Fsp3) is 0.400. The minimum Gasteiger partial charge on any atom is -0.453 e. The van der Waals surface area contributed by atoms with Gasteiger partial charge in [0.05, 0.1) is 7.11 Å². The number of hydrogen-bond acceptors (Lipinski definition) is 4. The molecule has 0 aliphatic carbocycles. The number of carbonyl (C=O) groups excluding carboxylic acids is 2. The molecule has 7 heteroatoms. The van der Waals surface area contributed by atoms with Crippen LogP contribution in [-0.2, 0) is 9.53 Å². The van der Waals surface area contributed by atoms with Crippen molar-refractivity contribution >= 4 is 33.8 Å². The van der Waals surface area contributed by atoms with Gasteiger partial charge in [0, 0.05) is 23.1 Å². The summed E-state index contributed by atoms with van der Waals surface area (Å²) in [6.07, 6.45) is 0.660. The topological polar surface area (TPSA) is 71.0 Å². The van der Waals surface area contributed by atoms with Crippen LogP contribution in [0.15, 0.2) is 33.7 Å². The molecule has 1 fully saturated rings. The normalized spacial score (nSPS) is 19.8. The molecular weight excluding hydrogens is 350 g/mol. The zero-order valence-electron chi connectivity index (χ0n) is 12.1. The van der Waals surface area contributed by atoms with Crippen LogP contribution in [0.5, 0.6) is 0 Å². The second kappa shape index (κ2) is 5.72. The molecule has 0 atom stereocenters. The van der Waals surface area contributed by atoms with E-state index in [1.165, 1.54) is 7.11 Å².